The Kier molecular flexibility index (Phi) is 4.76. The number of nitrogens with one attached hydrogen (secondary N) is 2. The van der Waals surface area contributed by atoms with Crippen molar-refractivity contribution in [1.82, 2.24) is 15.0 Å². The van der Waals surface area contributed by atoms with Crippen LogP contribution in [0.25, 0.3) is 10.9 Å². The van der Waals surface area contributed by atoms with Gasteiger partial charge < -0.3 is 16.4 Å². The van der Waals surface area contributed by atoms with Crippen LogP contribution in [0.1, 0.15) is 25.3 Å². The first-order valence-corrected chi connectivity index (χ1v) is 9.20. The molecule has 0 bridgehead atoms. The summed E-state index contributed by atoms with van der Waals surface area (Å²) in [6.07, 6.45) is 3.27. The molecule has 0 spiro atoms. The molecule has 0 fully saturated rings. The second-order valence-corrected chi connectivity index (χ2v) is 6.89. The number of benzene rings is 2. The molecule has 28 heavy (non-hydrogen) atoms. The Labute approximate surface area is 163 Å². The van der Waals surface area contributed by atoms with Crippen LogP contribution in [-0.2, 0) is 0 Å². The molecule has 0 aliphatic rings. The molecule has 0 amide bonds. The maximum Gasteiger partial charge on any atom is 0.159 e. The fourth-order valence-electron chi connectivity index (χ4n) is 3.02. The molecule has 0 radical (unpaired) electrons. The lowest BCUT2D eigenvalue weighted by atomic mass is 10.0. The van der Waals surface area contributed by atoms with Gasteiger partial charge in [-0.15, -0.1) is 0 Å². The average molecular weight is 370 g/mol. The number of rotatable bonds is 5. The summed E-state index contributed by atoms with van der Waals surface area (Å²) < 4.78 is 0. The fourth-order valence-corrected chi connectivity index (χ4v) is 3.02. The van der Waals surface area contributed by atoms with Gasteiger partial charge >= 0.3 is 0 Å². The Balaban J connectivity index is 1.61. The van der Waals surface area contributed by atoms with Crippen LogP contribution in [0.4, 0.5) is 28.7 Å². The van der Waals surface area contributed by atoms with Crippen molar-refractivity contribution >= 4 is 39.6 Å². The molecule has 0 aliphatic heterocycles. The van der Waals surface area contributed by atoms with Gasteiger partial charge in [-0.2, -0.15) is 0 Å². The third kappa shape index (κ3) is 3.57. The lowest BCUT2D eigenvalue weighted by Gasteiger charge is -2.14. The molecule has 2 aromatic heterocycles. The van der Waals surface area contributed by atoms with E-state index >= 15 is 0 Å². The van der Waals surface area contributed by atoms with Crippen LogP contribution < -0.4 is 16.4 Å². The van der Waals surface area contributed by atoms with E-state index in [1.54, 1.807) is 6.20 Å². The van der Waals surface area contributed by atoms with E-state index in [-0.39, 0.29) is 0 Å². The van der Waals surface area contributed by atoms with Crippen LogP contribution in [0, 0.1) is 0 Å². The molecule has 0 saturated heterocycles. The molecule has 0 saturated carbocycles. The second-order valence-electron chi connectivity index (χ2n) is 6.89. The Morgan fingerprint density at radius 3 is 2.32 bits per heavy atom. The van der Waals surface area contributed by atoms with Gasteiger partial charge in [-0.3, -0.25) is 4.98 Å². The molecular formula is C22H22N6. The van der Waals surface area contributed by atoms with E-state index in [0.717, 1.165) is 22.3 Å². The molecule has 0 aliphatic carbocycles. The number of hydrogen-bond acceptors (Lipinski definition) is 6. The predicted molar refractivity (Wildman–Crippen MR) is 115 cm³/mol. The van der Waals surface area contributed by atoms with Crippen molar-refractivity contribution in [3.05, 3.63) is 72.7 Å². The summed E-state index contributed by atoms with van der Waals surface area (Å²) in [6.45, 7) is 4.34. The number of nitrogen functional groups attached to an aromatic ring is 1. The van der Waals surface area contributed by atoms with Crippen molar-refractivity contribution < 1.29 is 0 Å². The van der Waals surface area contributed by atoms with Gasteiger partial charge in [-0.25, -0.2) is 9.97 Å². The van der Waals surface area contributed by atoms with Crippen LogP contribution in [0.3, 0.4) is 0 Å². The maximum atomic E-state index is 6.34. The van der Waals surface area contributed by atoms with Gasteiger partial charge in [0.05, 0.1) is 5.52 Å². The summed E-state index contributed by atoms with van der Waals surface area (Å²) in [7, 11) is 0. The minimum atomic E-state index is 0.455. The minimum absolute atomic E-state index is 0.455. The lowest BCUT2D eigenvalue weighted by Crippen LogP contribution is -2.05. The largest absolute Gasteiger partial charge is 0.393 e. The first kappa shape index (κ1) is 17.7. The van der Waals surface area contributed by atoms with Crippen LogP contribution in [0.15, 0.2) is 67.1 Å². The fraction of sp³-hybridized carbons (Fsp3) is 0.136. The zero-order chi connectivity index (χ0) is 19.5. The third-order valence-corrected chi connectivity index (χ3v) is 4.62. The number of nitrogens with zero attached hydrogens (tertiary/aromatic N) is 3. The summed E-state index contributed by atoms with van der Waals surface area (Å²) in [4.78, 5) is 13.0. The van der Waals surface area contributed by atoms with Gasteiger partial charge in [0.1, 0.15) is 12.0 Å². The normalized spacial score (nSPS) is 11.0. The van der Waals surface area contributed by atoms with E-state index in [1.807, 2.05) is 42.5 Å². The Morgan fingerprint density at radius 1 is 0.821 bits per heavy atom. The molecule has 4 N–H and O–H groups in total. The predicted octanol–water partition coefficient (Wildman–Crippen LogP) is 5.22. The van der Waals surface area contributed by atoms with Crippen molar-refractivity contribution in [2.24, 2.45) is 0 Å². The molecule has 2 aromatic carbocycles. The second kappa shape index (κ2) is 7.52. The van der Waals surface area contributed by atoms with E-state index in [4.69, 9.17) is 5.73 Å². The average Bonchev–Trinajstić information content (AvgIpc) is 2.71. The summed E-state index contributed by atoms with van der Waals surface area (Å²) >= 11 is 0. The molecule has 4 aromatic rings. The van der Waals surface area contributed by atoms with Crippen LogP contribution >= 0.6 is 0 Å². The summed E-state index contributed by atoms with van der Waals surface area (Å²) in [5.74, 6) is 1.60. The van der Waals surface area contributed by atoms with Crippen molar-refractivity contribution in [2.45, 2.75) is 19.8 Å². The SMILES string of the molecule is CC(C)c1ccc(Nc2ncnc(Nc3cccc4ncccc34)c2N)cc1. The number of fused-ring (bicyclic) bond motifs is 1. The number of nitrogens with two attached hydrogens (primary N) is 1. The molecule has 6 nitrogen and oxygen atoms in total. The highest BCUT2D eigenvalue weighted by atomic mass is 15.1. The van der Waals surface area contributed by atoms with Gasteiger partial charge in [0, 0.05) is 23.0 Å². The van der Waals surface area contributed by atoms with Crippen molar-refractivity contribution in [1.29, 1.82) is 0 Å². The van der Waals surface area contributed by atoms with E-state index < -0.39 is 0 Å². The van der Waals surface area contributed by atoms with Gasteiger partial charge in [-0.05, 0) is 47.9 Å². The van der Waals surface area contributed by atoms with Crippen LogP contribution in [0.2, 0.25) is 0 Å². The van der Waals surface area contributed by atoms with Crippen molar-refractivity contribution in [3.63, 3.8) is 0 Å². The third-order valence-electron chi connectivity index (χ3n) is 4.62. The molecule has 2 heterocycles. The Bertz CT molecular complexity index is 1100. The first-order chi connectivity index (χ1) is 13.6. The zero-order valence-electron chi connectivity index (χ0n) is 15.8. The lowest BCUT2D eigenvalue weighted by molar-refractivity contribution is 0.867. The molecule has 6 heteroatoms. The highest BCUT2D eigenvalue weighted by Gasteiger charge is 2.10. The van der Waals surface area contributed by atoms with E-state index in [1.165, 1.54) is 11.9 Å². The Hall–Kier alpha value is -3.67. The van der Waals surface area contributed by atoms with Crippen LogP contribution in [0.5, 0.6) is 0 Å². The molecule has 140 valence electrons. The van der Waals surface area contributed by atoms with Crippen molar-refractivity contribution in [2.75, 3.05) is 16.4 Å². The smallest absolute Gasteiger partial charge is 0.159 e. The van der Waals surface area contributed by atoms with Crippen molar-refractivity contribution in [3.8, 4) is 0 Å². The summed E-state index contributed by atoms with van der Waals surface area (Å²) in [6, 6.07) is 18.1. The highest BCUT2D eigenvalue weighted by molar-refractivity contribution is 5.94. The standard InChI is InChI=1S/C22H22N6/c1-14(2)15-8-10-16(11-9-15)27-21-20(23)22(26-13-25-21)28-19-7-3-6-18-17(19)5-4-12-24-18/h3-14H,23H2,1-2H3,(H2,25,26,27,28). The van der Waals surface area contributed by atoms with Gasteiger partial charge in [0.25, 0.3) is 0 Å². The monoisotopic (exact) mass is 370 g/mol. The molecule has 4 rings (SSSR count). The minimum Gasteiger partial charge on any atom is -0.393 e. The quantitative estimate of drug-likeness (QED) is 0.446. The van der Waals surface area contributed by atoms with Gasteiger partial charge in [0.15, 0.2) is 11.6 Å². The number of aromatic nitrogens is 3. The van der Waals surface area contributed by atoms with Gasteiger partial charge in [0.2, 0.25) is 0 Å². The molecular weight excluding hydrogens is 348 g/mol. The number of hydrogen-bond donors (Lipinski definition) is 3. The van der Waals surface area contributed by atoms with Crippen LogP contribution in [-0.4, -0.2) is 15.0 Å². The van der Waals surface area contributed by atoms with E-state index in [9.17, 15) is 0 Å². The molecule has 0 atom stereocenters. The van der Waals surface area contributed by atoms with Gasteiger partial charge in [-0.1, -0.05) is 32.0 Å². The molecule has 0 unspecified atom stereocenters. The summed E-state index contributed by atoms with van der Waals surface area (Å²) in [5, 5.41) is 7.58. The highest BCUT2D eigenvalue weighted by Crippen LogP contribution is 2.31. The summed E-state index contributed by atoms with van der Waals surface area (Å²) in [5.41, 5.74) is 10.8. The zero-order valence-corrected chi connectivity index (χ0v) is 15.8. The van der Waals surface area contributed by atoms with E-state index in [0.29, 0.717) is 23.2 Å². The van der Waals surface area contributed by atoms with E-state index in [2.05, 4.69) is 51.6 Å². The first-order valence-electron chi connectivity index (χ1n) is 9.20. The topological polar surface area (TPSA) is 88.8 Å². The number of anilines is 5. The Morgan fingerprint density at radius 2 is 1.57 bits per heavy atom. The number of pyridine rings is 1. The maximum absolute atomic E-state index is 6.34.